The van der Waals surface area contributed by atoms with Crippen molar-refractivity contribution in [1.29, 1.82) is 0 Å². The fourth-order valence-corrected chi connectivity index (χ4v) is 3.39. The van der Waals surface area contributed by atoms with E-state index in [2.05, 4.69) is 10.2 Å². The Kier molecular flexibility index (Phi) is 5.06. The van der Waals surface area contributed by atoms with Crippen LogP contribution in [0.2, 0.25) is 0 Å². The average Bonchev–Trinajstić information content (AvgIpc) is 3.24. The molecule has 0 aliphatic carbocycles. The third kappa shape index (κ3) is 3.74. The van der Waals surface area contributed by atoms with Crippen molar-refractivity contribution in [3.05, 3.63) is 65.8 Å². The molecule has 0 radical (unpaired) electrons. The van der Waals surface area contributed by atoms with E-state index in [1.54, 1.807) is 12.0 Å². The smallest absolute Gasteiger partial charge is 0.253 e. The van der Waals surface area contributed by atoms with Gasteiger partial charge in [-0.15, -0.1) is 10.2 Å². The van der Waals surface area contributed by atoms with Gasteiger partial charge in [-0.3, -0.25) is 4.79 Å². The molecular formula is C21H20FN3O3. The summed E-state index contributed by atoms with van der Waals surface area (Å²) in [5, 5.41) is 8.35. The largest absolute Gasteiger partial charge is 0.497 e. The Morgan fingerprint density at radius 1 is 1.14 bits per heavy atom. The minimum atomic E-state index is -0.356. The lowest BCUT2D eigenvalue weighted by molar-refractivity contribution is 0.0698. The highest BCUT2D eigenvalue weighted by Crippen LogP contribution is 2.29. The van der Waals surface area contributed by atoms with Gasteiger partial charge in [-0.05, 0) is 61.4 Å². The fourth-order valence-electron chi connectivity index (χ4n) is 3.39. The highest BCUT2D eigenvalue weighted by atomic mass is 19.1. The number of ether oxygens (including phenoxy) is 1. The molecule has 3 aromatic rings. The van der Waals surface area contributed by atoms with Crippen LogP contribution < -0.4 is 4.74 Å². The second-order valence-electron chi connectivity index (χ2n) is 6.77. The molecule has 0 spiro atoms. The number of amides is 1. The molecule has 0 saturated carbocycles. The minimum absolute atomic E-state index is 0.0161. The molecular weight excluding hydrogens is 361 g/mol. The first-order chi connectivity index (χ1) is 13.6. The summed E-state index contributed by atoms with van der Waals surface area (Å²) in [4.78, 5) is 14.5. The summed E-state index contributed by atoms with van der Waals surface area (Å²) in [7, 11) is 1.61. The third-order valence-electron chi connectivity index (χ3n) is 4.93. The minimum Gasteiger partial charge on any atom is -0.497 e. The van der Waals surface area contributed by atoms with E-state index >= 15 is 0 Å². The van der Waals surface area contributed by atoms with Crippen LogP contribution >= 0.6 is 0 Å². The van der Waals surface area contributed by atoms with E-state index in [4.69, 9.17) is 9.15 Å². The number of aromatic nitrogens is 2. The highest BCUT2D eigenvalue weighted by Gasteiger charge is 2.29. The standard InChI is InChI=1S/C21H20FN3O3/c1-27-18-10-6-14(7-11-18)19-23-24-20(28-19)16-3-2-12-25(13-16)21(26)15-4-8-17(22)9-5-15/h4-11,16H,2-3,12-13H2,1H3/t16-/m0/s1. The van der Waals surface area contributed by atoms with E-state index in [1.807, 2.05) is 24.3 Å². The molecule has 0 unspecified atom stereocenters. The van der Waals surface area contributed by atoms with Crippen molar-refractivity contribution in [1.82, 2.24) is 15.1 Å². The number of piperidine rings is 1. The van der Waals surface area contributed by atoms with E-state index in [1.165, 1.54) is 24.3 Å². The lowest BCUT2D eigenvalue weighted by Gasteiger charge is -2.31. The van der Waals surface area contributed by atoms with Gasteiger partial charge < -0.3 is 14.1 Å². The molecule has 0 N–H and O–H groups in total. The maximum Gasteiger partial charge on any atom is 0.253 e. The molecule has 7 heteroatoms. The predicted molar refractivity (Wildman–Crippen MR) is 101 cm³/mol. The van der Waals surface area contributed by atoms with E-state index < -0.39 is 0 Å². The Labute approximate surface area is 161 Å². The van der Waals surface area contributed by atoms with Crippen LogP contribution in [0.5, 0.6) is 5.75 Å². The van der Waals surface area contributed by atoms with Gasteiger partial charge in [0.05, 0.1) is 13.0 Å². The van der Waals surface area contributed by atoms with E-state index in [0.29, 0.717) is 30.4 Å². The SMILES string of the molecule is COc1ccc(-c2nnc([C@H]3CCCN(C(=O)c4ccc(F)cc4)C3)o2)cc1. The van der Waals surface area contributed by atoms with E-state index in [0.717, 1.165) is 24.2 Å². The molecule has 1 atom stereocenters. The normalized spacial score (nSPS) is 16.8. The van der Waals surface area contributed by atoms with Crippen molar-refractivity contribution in [3.8, 4) is 17.2 Å². The number of likely N-dealkylation sites (tertiary alicyclic amines) is 1. The summed E-state index contributed by atoms with van der Waals surface area (Å²) in [6.45, 7) is 1.16. The summed E-state index contributed by atoms with van der Waals surface area (Å²) in [5.74, 6) is 1.25. The van der Waals surface area contributed by atoms with Crippen LogP contribution in [0.1, 0.15) is 35.0 Å². The van der Waals surface area contributed by atoms with Crippen molar-refractivity contribution >= 4 is 5.91 Å². The Bertz CT molecular complexity index is 954. The molecule has 1 aliphatic heterocycles. The van der Waals surface area contributed by atoms with Gasteiger partial charge in [-0.2, -0.15) is 0 Å². The maximum atomic E-state index is 13.1. The number of carbonyl (C=O) groups excluding carboxylic acids is 1. The van der Waals surface area contributed by atoms with Gasteiger partial charge in [0.1, 0.15) is 11.6 Å². The number of carbonyl (C=O) groups is 1. The third-order valence-corrected chi connectivity index (χ3v) is 4.93. The number of methoxy groups -OCH3 is 1. The number of halogens is 1. The molecule has 1 aliphatic rings. The van der Waals surface area contributed by atoms with Gasteiger partial charge in [0, 0.05) is 24.2 Å². The van der Waals surface area contributed by atoms with Crippen LogP contribution in [0.3, 0.4) is 0 Å². The quantitative estimate of drug-likeness (QED) is 0.686. The van der Waals surface area contributed by atoms with Crippen molar-refractivity contribution in [2.75, 3.05) is 20.2 Å². The zero-order chi connectivity index (χ0) is 19.5. The van der Waals surface area contributed by atoms with Gasteiger partial charge in [0.25, 0.3) is 5.91 Å². The summed E-state index contributed by atoms with van der Waals surface area (Å²) < 4.78 is 24.1. The molecule has 1 saturated heterocycles. The van der Waals surface area contributed by atoms with Crippen LogP contribution in [-0.4, -0.2) is 41.2 Å². The summed E-state index contributed by atoms with van der Waals surface area (Å²) in [6, 6.07) is 13.0. The number of benzene rings is 2. The molecule has 2 heterocycles. The van der Waals surface area contributed by atoms with E-state index in [-0.39, 0.29) is 17.6 Å². The van der Waals surface area contributed by atoms with E-state index in [9.17, 15) is 9.18 Å². The van der Waals surface area contributed by atoms with Gasteiger partial charge in [0.2, 0.25) is 11.8 Å². The van der Waals surface area contributed by atoms with Crippen LogP contribution in [-0.2, 0) is 0 Å². The maximum absolute atomic E-state index is 13.1. The molecule has 1 fully saturated rings. The Morgan fingerprint density at radius 2 is 1.89 bits per heavy atom. The van der Waals surface area contributed by atoms with Gasteiger partial charge in [-0.25, -0.2) is 4.39 Å². The Morgan fingerprint density at radius 3 is 2.61 bits per heavy atom. The summed E-state index contributed by atoms with van der Waals surface area (Å²) >= 11 is 0. The second kappa shape index (κ2) is 7.80. The Balaban J connectivity index is 1.48. The van der Waals surface area contributed by atoms with Crippen LogP contribution in [0.15, 0.2) is 52.9 Å². The van der Waals surface area contributed by atoms with Crippen LogP contribution in [0.4, 0.5) is 4.39 Å². The van der Waals surface area contributed by atoms with Crippen molar-refractivity contribution < 1.29 is 18.3 Å². The average molecular weight is 381 g/mol. The lowest BCUT2D eigenvalue weighted by Crippen LogP contribution is -2.39. The molecule has 0 bridgehead atoms. The molecule has 28 heavy (non-hydrogen) atoms. The number of hydrogen-bond donors (Lipinski definition) is 0. The van der Waals surface area contributed by atoms with Crippen molar-refractivity contribution in [2.45, 2.75) is 18.8 Å². The number of nitrogens with zero attached hydrogens (tertiary/aromatic N) is 3. The molecule has 6 nitrogen and oxygen atoms in total. The summed E-state index contributed by atoms with van der Waals surface area (Å²) in [6.07, 6.45) is 1.72. The van der Waals surface area contributed by atoms with Gasteiger partial charge in [0.15, 0.2) is 0 Å². The lowest BCUT2D eigenvalue weighted by atomic mass is 9.97. The van der Waals surface area contributed by atoms with Gasteiger partial charge in [-0.1, -0.05) is 0 Å². The van der Waals surface area contributed by atoms with Crippen molar-refractivity contribution in [3.63, 3.8) is 0 Å². The number of rotatable bonds is 4. The molecule has 144 valence electrons. The zero-order valence-corrected chi connectivity index (χ0v) is 15.5. The highest BCUT2D eigenvalue weighted by molar-refractivity contribution is 5.94. The predicted octanol–water partition coefficient (Wildman–Crippen LogP) is 3.90. The topological polar surface area (TPSA) is 68.5 Å². The molecule has 4 rings (SSSR count). The monoisotopic (exact) mass is 381 g/mol. The Hall–Kier alpha value is -3.22. The van der Waals surface area contributed by atoms with Crippen LogP contribution in [0.25, 0.3) is 11.5 Å². The molecule has 2 aromatic carbocycles. The first kappa shape index (κ1) is 18.2. The van der Waals surface area contributed by atoms with Crippen LogP contribution in [0, 0.1) is 5.82 Å². The fraction of sp³-hybridized carbons (Fsp3) is 0.286. The summed E-state index contributed by atoms with van der Waals surface area (Å²) in [5.41, 5.74) is 1.29. The van der Waals surface area contributed by atoms with Crippen molar-refractivity contribution in [2.24, 2.45) is 0 Å². The van der Waals surface area contributed by atoms with Gasteiger partial charge >= 0.3 is 0 Å². The zero-order valence-electron chi connectivity index (χ0n) is 15.5. The first-order valence-electron chi connectivity index (χ1n) is 9.16. The number of hydrogen-bond acceptors (Lipinski definition) is 5. The molecule has 1 amide bonds. The second-order valence-corrected chi connectivity index (χ2v) is 6.77. The molecule has 1 aromatic heterocycles. The first-order valence-corrected chi connectivity index (χ1v) is 9.16.